The maximum absolute atomic E-state index is 5.57. The molecule has 2 aromatic carbocycles. The van der Waals surface area contributed by atoms with Gasteiger partial charge in [-0.25, -0.2) is 0 Å². The van der Waals surface area contributed by atoms with Gasteiger partial charge < -0.3 is 19.9 Å². The second-order valence-electron chi connectivity index (χ2n) is 5.26. The van der Waals surface area contributed by atoms with Gasteiger partial charge in [0.2, 0.25) is 11.7 Å². The van der Waals surface area contributed by atoms with Crippen LogP contribution < -0.4 is 15.4 Å². The Morgan fingerprint density at radius 1 is 1.23 bits per heavy atom. The molecule has 0 amide bonds. The molecule has 0 radical (unpaired) electrons. The van der Waals surface area contributed by atoms with Crippen LogP contribution in [-0.2, 0) is 6.54 Å². The summed E-state index contributed by atoms with van der Waals surface area (Å²) in [5.41, 5.74) is 1.67. The number of nitrogens with one attached hydrogen (secondary N) is 2. The lowest BCUT2D eigenvalue weighted by Gasteiger charge is -2.13. The smallest absolute Gasteiger partial charge is 0.246 e. The average Bonchev–Trinajstić information content (AvgIpc) is 3.11. The van der Waals surface area contributed by atoms with E-state index < -0.39 is 0 Å². The third-order valence-corrected chi connectivity index (χ3v) is 4.13. The first-order valence-corrected chi connectivity index (χ1v) is 9.21. The topological polar surface area (TPSA) is 72.2 Å². The molecule has 1 heterocycles. The van der Waals surface area contributed by atoms with E-state index in [9.17, 15) is 0 Å². The quantitative estimate of drug-likeness (QED) is 0.559. The van der Waals surface area contributed by atoms with Crippen molar-refractivity contribution in [1.82, 2.24) is 15.5 Å². The number of anilines is 1. The molecule has 134 valence electrons. The third-order valence-electron chi connectivity index (χ3n) is 3.39. The molecule has 0 spiro atoms. The molecule has 0 aliphatic heterocycles. The van der Waals surface area contributed by atoms with Crippen LogP contribution >= 0.6 is 28.1 Å². The third kappa shape index (κ3) is 4.80. The molecule has 6 nitrogen and oxygen atoms in total. The maximum atomic E-state index is 5.57. The van der Waals surface area contributed by atoms with E-state index in [0.717, 1.165) is 21.5 Å². The van der Waals surface area contributed by atoms with Crippen LogP contribution in [0.5, 0.6) is 5.75 Å². The summed E-state index contributed by atoms with van der Waals surface area (Å²) in [6.07, 6.45) is 0. The summed E-state index contributed by atoms with van der Waals surface area (Å²) < 4.78 is 11.8. The van der Waals surface area contributed by atoms with Crippen molar-refractivity contribution in [3.05, 3.63) is 58.9 Å². The van der Waals surface area contributed by atoms with Gasteiger partial charge in [0, 0.05) is 10.0 Å². The molecule has 3 aromatic rings. The molecule has 0 atom stereocenters. The Labute approximate surface area is 165 Å². The van der Waals surface area contributed by atoms with Crippen LogP contribution in [0, 0.1) is 0 Å². The summed E-state index contributed by atoms with van der Waals surface area (Å²) >= 11 is 8.75. The van der Waals surface area contributed by atoms with E-state index in [1.54, 1.807) is 0 Å². The van der Waals surface area contributed by atoms with Gasteiger partial charge in [0.05, 0.1) is 18.8 Å². The second-order valence-corrected chi connectivity index (χ2v) is 6.58. The lowest BCUT2D eigenvalue weighted by atomic mass is 10.2. The van der Waals surface area contributed by atoms with E-state index >= 15 is 0 Å². The van der Waals surface area contributed by atoms with Crippen LogP contribution in [0.2, 0.25) is 0 Å². The van der Waals surface area contributed by atoms with Gasteiger partial charge >= 0.3 is 0 Å². The average molecular weight is 433 g/mol. The Balaban J connectivity index is 1.59. The van der Waals surface area contributed by atoms with Crippen LogP contribution in [0.1, 0.15) is 12.8 Å². The minimum Gasteiger partial charge on any atom is -0.492 e. The number of rotatable bonds is 6. The summed E-state index contributed by atoms with van der Waals surface area (Å²) in [6.45, 7) is 2.84. The molecule has 0 saturated heterocycles. The minimum atomic E-state index is 0.323. The molecule has 0 aliphatic rings. The Bertz CT molecular complexity index is 900. The number of nitrogens with zero attached hydrogens (tertiary/aromatic N) is 2. The Kier molecular flexibility index (Phi) is 6.19. The van der Waals surface area contributed by atoms with Crippen molar-refractivity contribution >= 4 is 38.9 Å². The summed E-state index contributed by atoms with van der Waals surface area (Å²) in [4.78, 5) is 4.37. The Hall–Kier alpha value is -2.45. The summed E-state index contributed by atoms with van der Waals surface area (Å²) in [5, 5.41) is 10.6. The first kappa shape index (κ1) is 18.3. The van der Waals surface area contributed by atoms with Crippen molar-refractivity contribution in [1.29, 1.82) is 0 Å². The van der Waals surface area contributed by atoms with Gasteiger partial charge in [-0.3, -0.25) is 0 Å². The summed E-state index contributed by atoms with van der Waals surface area (Å²) in [7, 11) is 0. The SMILES string of the molecule is CCOc1ccccc1NC(=S)NCc1nc(-c2cccc(Br)c2)no1. The number of benzene rings is 2. The molecule has 2 N–H and O–H groups in total. The number of hydrogen-bond donors (Lipinski definition) is 2. The lowest BCUT2D eigenvalue weighted by molar-refractivity contribution is 0.342. The van der Waals surface area contributed by atoms with Gasteiger partial charge in [0.25, 0.3) is 0 Å². The summed E-state index contributed by atoms with van der Waals surface area (Å²) in [5.74, 6) is 1.72. The number of thiocarbonyl (C=S) groups is 1. The van der Waals surface area contributed by atoms with E-state index in [1.807, 2.05) is 55.5 Å². The number of hydrogen-bond acceptors (Lipinski definition) is 5. The first-order chi connectivity index (χ1) is 12.7. The Morgan fingerprint density at radius 3 is 2.88 bits per heavy atom. The molecular weight excluding hydrogens is 416 g/mol. The van der Waals surface area contributed by atoms with Crippen LogP contribution in [0.25, 0.3) is 11.4 Å². The number of ether oxygens (including phenoxy) is 1. The van der Waals surface area contributed by atoms with Crippen molar-refractivity contribution in [2.45, 2.75) is 13.5 Å². The largest absolute Gasteiger partial charge is 0.492 e. The van der Waals surface area contributed by atoms with Crippen LogP contribution in [0.4, 0.5) is 5.69 Å². The highest BCUT2D eigenvalue weighted by molar-refractivity contribution is 9.10. The van der Waals surface area contributed by atoms with E-state index in [4.69, 9.17) is 21.5 Å². The van der Waals surface area contributed by atoms with Gasteiger partial charge in [-0.2, -0.15) is 4.98 Å². The molecule has 26 heavy (non-hydrogen) atoms. The Morgan fingerprint density at radius 2 is 2.08 bits per heavy atom. The molecule has 0 unspecified atom stereocenters. The zero-order chi connectivity index (χ0) is 18.4. The molecule has 0 saturated carbocycles. The highest BCUT2D eigenvalue weighted by atomic mass is 79.9. The molecule has 3 rings (SSSR count). The first-order valence-electron chi connectivity index (χ1n) is 8.01. The molecule has 8 heteroatoms. The lowest BCUT2D eigenvalue weighted by Crippen LogP contribution is -2.28. The fourth-order valence-corrected chi connectivity index (χ4v) is 2.83. The van der Waals surface area contributed by atoms with E-state index in [-0.39, 0.29) is 0 Å². The molecule has 0 bridgehead atoms. The van der Waals surface area contributed by atoms with Crippen LogP contribution in [0.3, 0.4) is 0 Å². The number of aromatic nitrogens is 2. The van der Waals surface area contributed by atoms with Crippen molar-refractivity contribution < 1.29 is 9.26 Å². The van der Waals surface area contributed by atoms with Crippen molar-refractivity contribution in [2.24, 2.45) is 0 Å². The molecular formula is C18H17BrN4O2S. The predicted octanol–water partition coefficient (Wildman–Crippen LogP) is 4.38. The normalized spacial score (nSPS) is 10.4. The standard InChI is InChI=1S/C18H17BrN4O2S/c1-2-24-15-9-4-3-8-14(15)21-18(26)20-11-16-22-17(23-25-16)12-6-5-7-13(19)10-12/h3-10H,2,11H2,1H3,(H2,20,21,26). The van der Waals surface area contributed by atoms with E-state index in [1.165, 1.54) is 0 Å². The highest BCUT2D eigenvalue weighted by Gasteiger charge is 2.10. The van der Waals surface area contributed by atoms with E-state index in [0.29, 0.717) is 30.0 Å². The monoisotopic (exact) mass is 432 g/mol. The van der Waals surface area contributed by atoms with Crippen molar-refractivity contribution in [2.75, 3.05) is 11.9 Å². The van der Waals surface area contributed by atoms with Gasteiger partial charge in [-0.05, 0) is 43.4 Å². The zero-order valence-electron chi connectivity index (χ0n) is 14.0. The number of halogens is 1. The van der Waals surface area contributed by atoms with E-state index in [2.05, 4.69) is 36.7 Å². The van der Waals surface area contributed by atoms with Crippen molar-refractivity contribution in [3.8, 4) is 17.1 Å². The molecule has 0 fully saturated rings. The van der Waals surface area contributed by atoms with Crippen LogP contribution in [-0.4, -0.2) is 21.9 Å². The van der Waals surface area contributed by atoms with Gasteiger partial charge in [0.1, 0.15) is 5.75 Å². The number of para-hydroxylation sites is 2. The van der Waals surface area contributed by atoms with Crippen LogP contribution in [0.15, 0.2) is 57.5 Å². The predicted molar refractivity (Wildman–Crippen MR) is 108 cm³/mol. The fraction of sp³-hybridized carbons (Fsp3) is 0.167. The minimum absolute atomic E-state index is 0.323. The fourth-order valence-electron chi connectivity index (χ4n) is 2.25. The van der Waals surface area contributed by atoms with Gasteiger partial charge in [0.15, 0.2) is 5.11 Å². The molecule has 1 aromatic heterocycles. The van der Waals surface area contributed by atoms with Gasteiger partial charge in [-0.15, -0.1) is 0 Å². The molecule has 0 aliphatic carbocycles. The second kappa shape index (κ2) is 8.77. The zero-order valence-corrected chi connectivity index (χ0v) is 16.4. The maximum Gasteiger partial charge on any atom is 0.246 e. The van der Waals surface area contributed by atoms with Crippen molar-refractivity contribution in [3.63, 3.8) is 0 Å². The highest BCUT2D eigenvalue weighted by Crippen LogP contribution is 2.23. The van der Waals surface area contributed by atoms with Gasteiger partial charge in [-0.1, -0.05) is 45.4 Å². The summed E-state index contributed by atoms with van der Waals surface area (Å²) in [6, 6.07) is 15.3.